The number of rotatable bonds is 8. The third-order valence-electron chi connectivity index (χ3n) is 6.60. The van der Waals surface area contributed by atoms with Gasteiger partial charge in [0.2, 0.25) is 0 Å². The van der Waals surface area contributed by atoms with Crippen molar-refractivity contribution in [3.8, 4) is 11.4 Å². The first-order chi connectivity index (χ1) is 18.1. The summed E-state index contributed by atoms with van der Waals surface area (Å²) in [6.45, 7) is 8.38. The van der Waals surface area contributed by atoms with Crippen LogP contribution in [0.1, 0.15) is 24.6 Å². The normalized spacial score (nSPS) is 14.5. The molecule has 2 aromatic carbocycles. The van der Waals surface area contributed by atoms with Crippen LogP contribution in [0.5, 0.6) is 5.75 Å². The number of hydrogen-bond acceptors (Lipinski definition) is 7. The van der Waals surface area contributed by atoms with Crippen molar-refractivity contribution >= 4 is 22.6 Å². The molecule has 0 N–H and O–H groups in total. The maximum atomic E-state index is 12.1. The number of aryl methyl sites for hydroxylation is 1. The molecule has 37 heavy (non-hydrogen) atoms. The largest absolute Gasteiger partial charge is 0.479 e. The third kappa shape index (κ3) is 5.75. The highest BCUT2D eigenvalue weighted by Crippen LogP contribution is 2.39. The predicted molar refractivity (Wildman–Crippen MR) is 144 cm³/mol. The van der Waals surface area contributed by atoms with Crippen LogP contribution in [-0.2, 0) is 16.1 Å². The highest BCUT2D eigenvalue weighted by atomic mass is 16.6. The van der Waals surface area contributed by atoms with Gasteiger partial charge in [-0.05, 0) is 56.2 Å². The monoisotopic (exact) mass is 499 g/mol. The number of carbonyl (C=O) groups excluding carboxylic acids is 1. The number of esters is 1. The van der Waals surface area contributed by atoms with Crippen LogP contribution in [0.3, 0.4) is 0 Å². The fraction of sp³-hybridized carbons (Fsp3) is 0.345. The van der Waals surface area contributed by atoms with Gasteiger partial charge in [-0.2, -0.15) is 5.10 Å². The summed E-state index contributed by atoms with van der Waals surface area (Å²) < 4.78 is 13.1. The van der Waals surface area contributed by atoms with Crippen LogP contribution in [0.2, 0.25) is 0 Å². The zero-order chi connectivity index (χ0) is 25.6. The Morgan fingerprint density at radius 3 is 2.73 bits per heavy atom. The first-order valence-electron chi connectivity index (χ1n) is 12.9. The maximum absolute atomic E-state index is 12.1. The van der Waals surface area contributed by atoms with Crippen LogP contribution in [-0.4, -0.2) is 65.0 Å². The SMILES string of the molecule is CCOC(=O)COc1c(C)cc2cccnc2c1N1CCCN(Cc2ccn(-c3ccccc3)n2)CC1. The van der Waals surface area contributed by atoms with E-state index in [2.05, 4.69) is 40.1 Å². The van der Waals surface area contributed by atoms with Crippen LogP contribution < -0.4 is 9.64 Å². The molecule has 3 heterocycles. The summed E-state index contributed by atoms with van der Waals surface area (Å²) in [6, 6.07) is 18.4. The van der Waals surface area contributed by atoms with E-state index in [0.717, 1.165) is 72.7 Å². The van der Waals surface area contributed by atoms with Gasteiger partial charge in [0.25, 0.3) is 0 Å². The van der Waals surface area contributed by atoms with Crippen molar-refractivity contribution in [1.82, 2.24) is 19.7 Å². The molecule has 0 unspecified atom stereocenters. The van der Waals surface area contributed by atoms with Crippen LogP contribution in [0.4, 0.5) is 5.69 Å². The summed E-state index contributed by atoms with van der Waals surface area (Å²) in [6.07, 6.45) is 4.83. The van der Waals surface area contributed by atoms with Gasteiger partial charge in [0, 0.05) is 50.5 Å². The van der Waals surface area contributed by atoms with E-state index < -0.39 is 0 Å². The number of aromatic nitrogens is 3. The number of anilines is 1. The number of para-hydroxylation sites is 1. The van der Waals surface area contributed by atoms with Gasteiger partial charge in [-0.25, -0.2) is 9.48 Å². The van der Waals surface area contributed by atoms with Crippen LogP contribution in [0, 0.1) is 6.92 Å². The van der Waals surface area contributed by atoms with Crippen molar-refractivity contribution in [2.24, 2.45) is 0 Å². The van der Waals surface area contributed by atoms with Crippen molar-refractivity contribution in [2.75, 3.05) is 44.3 Å². The molecule has 2 aromatic heterocycles. The van der Waals surface area contributed by atoms with Crippen molar-refractivity contribution in [3.63, 3.8) is 0 Å². The van der Waals surface area contributed by atoms with Gasteiger partial charge in [0.1, 0.15) is 11.4 Å². The minimum absolute atomic E-state index is 0.121. The molecule has 1 fully saturated rings. The number of fused-ring (bicyclic) bond motifs is 1. The molecule has 1 aliphatic rings. The molecule has 192 valence electrons. The molecule has 1 aliphatic heterocycles. The van der Waals surface area contributed by atoms with Gasteiger partial charge in [0.05, 0.1) is 23.5 Å². The number of ether oxygens (including phenoxy) is 2. The van der Waals surface area contributed by atoms with Gasteiger partial charge in [-0.3, -0.25) is 9.88 Å². The average Bonchev–Trinajstić information content (AvgIpc) is 3.26. The van der Waals surface area contributed by atoms with Crippen LogP contribution >= 0.6 is 0 Å². The van der Waals surface area contributed by atoms with E-state index in [4.69, 9.17) is 19.6 Å². The second-order valence-electron chi connectivity index (χ2n) is 9.24. The second-order valence-corrected chi connectivity index (χ2v) is 9.24. The van der Waals surface area contributed by atoms with E-state index in [0.29, 0.717) is 12.4 Å². The third-order valence-corrected chi connectivity index (χ3v) is 6.60. The molecule has 0 atom stereocenters. The number of benzene rings is 2. The molecule has 4 aromatic rings. The molecular formula is C29H33N5O3. The molecule has 0 saturated carbocycles. The first-order valence-corrected chi connectivity index (χ1v) is 12.9. The number of carbonyl (C=O) groups is 1. The van der Waals surface area contributed by atoms with Gasteiger partial charge >= 0.3 is 5.97 Å². The summed E-state index contributed by atoms with van der Waals surface area (Å²) in [5.41, 5.74) is 4.94. The zero-order valence-corrected chi connectivity index (χ0v) is 21.5. The number of hydrogen-bond donors (Lipinski definition) is 0. The van der Waals surface area contributed by atoms with Gasteiger partial charge in [-0.1, -0.05) is 24.3 Å². The Morgan fingerprint density at radius 1 is 1.03 bits per heavy atom. The number of nitrogens with zero attached hydrogens (tertiary/aromatic N) is 5. The smallest absolute Gasteiger partial charge is 0.344 e. The highest BCUT2D eigenvalue weighted by Gasteiger charge is 2.24. The Kier molecular flexibility index (Phi) is 7.65. The van der Waals surface area contributed by atoms with Crippen LogP contribution in [0.15, 0.2) is 67.0 Å². The predicted octanol–water partition coefficient (Wildman–Crippen LogP) is 4.38. The quantitative estimate of drug-likeness (QED) is 0.333. The summed E-state index contributed by atoms with van der Waals surface area (Å²) >= 11 is 0. The molecular weight excluding hydrogens is 466 g/mol. The van der Waals surface area contributed by atoms with E-state index in [-0.39, 0.29) is 12.6 Å². The van der Waals surface area contributed by atoms with E-state index in [1.165, 1.54) is 0 Å². The van der Waals surface area contributed by atoms with Crippen molar-refractivity contribution in [1.29, 1.82) is 0 Å². The fourth-order valence-electron chi connectivity index (χ4n) is 4.89. The zero-order valence-electron chi connectivity index (χ0n) is 21.5. The Balaban J connectivity index is 1.34. The summed E-state index contributed by atoms with van der Waals surface area (Å²) in [4.78, 5) is 21.6. The standard InChI is InChI=1S/C29H33N5O3/c1-3-36-26(35)21-37-29-22(2)19-23-9-7-13-30-27(23)28(29)33-15-8-14-32(17-18-33)20-24-12-16-34(31-24)25-10-5-4-6-11-25/h4-7,9-13,16,19H,3,8,14-15,17-18,20-21H2,1-2H3. The maximum Gasteiger partial charge on any atom is 0.344 e. The summed E-state index contributed by atoms with van der Waals surface area (Å²) in [5, 5.41) is 5.85. The van der Waals surface area contributed by atoms with Crippen LogP contribution in [0.25, 0.3) is 16.6 Å². The lowest BCUT2D eigenvalue weighted by atomic mass is 10.1. The molecule has 0 bridgehead atoms. The lowest BCUT2D eigenvalue weighted by Crippen LogP contribution is -2.31. The molecule has 0 aliphatic carbocycles. The van der Waals surface area contributed by atoms with Gasteiger partial charge < -0.3 is 14.4 Å². The Labute approximate surface area is 217 Å². The molecule has 0 radical (unpaired) electrons. The molecule has 1 saturated heterocycles. The minimum Gasteiger partial charge on any atom is -0.479 e. The summed E-state index contributed by atoms with van der Waals surface area (Å²) in [7, 11) is 0. The van der Waals surface area contributed by atoms with E-state index >= 15 is 0 Å². The van der Waals surface area contributed by atoms with Crippen molar-refractivity contribution < 1.29 is 14.3 Å². The van der Waals surface area contributed by atoms with Gasteiger partial charge in [-0.15, -0.1) is 0 Å². The van der Waals surface area contributed by atoms with E-state index in [1.807, 2.05) is 48.3 Å². The summed E-state index contributed by atoms with van der Waals surface area (Å²) in [5.74, 6) is 0.334. The minimum atomic E-state index is -0.369. The molecule has 8 nitrogen and oxygen atoms in total. The molecule has 0 spiro atoms. The second kappa shape index (κ2) is 11.4. The molecule has 8 heteroatoms. The van der Waals surface area contributed by atoms with Gasteiger partial charge in [0.15, 0.2) is 6.61 Å². The van der Waals surface area contributed by atoms with E-state index in [1.54, 1.807) is 6.92 Å². The Hall–Kier alpha value is -3.91. The average molecular weight is 500 g/mol. The highest BCUT2D eigenvalue weighted by molar-refractivity contribution is 5.95. The lowest BCUT2D eigenvalue weighted by Gasteiger charge is -2.27. The molecule has 0 amide bonds. The lowest BCUT2D eigenvalue weighted by molar-refractivity contribution is -0.145. The topological polar surface area (TPSA) is 72.7 Å². The van der Waals surface area contributed by atoms with Crippen molar-refractivity contribution in [2.45, 2.75) is 26.8 Å². The Morgan fingerprint density at radius 2 is 1.89 bits per heavy atom. The molecule has 5 rings (SSSR count). The first kappa shape index (κ1) is 24.8. The number of pyridine rings is 1. The van der Waals surface area contributed by atoms with Crippen molar-refractivity contribution in [3.05, 3.63) is 78.2 Å². The van der Waals surface area contributed by atoms with E-state index in [9.17, 15) is 4.79 Å². The fourth-order valence-corrected chi connectivity index (χ4v) is 4.89. The Bertz CT molecular complexity index is 1350.